The number of hydrogen-bond donors (Lipinski definition) is 2. The summed E-state index contributed by atoms with van der Waals surface area (Å²) in [5, 5.41) is 11.8. The molecule has 0 aliphatic carbocycles. The smallest absolute Gasteiger partial charge is 0.339 e. The van der Waals surface area contributed by atoms with Gasteiger partial charge in [0.05, 0.1) is 12.8 Å². The van der Waals surface area contributed by atoms with Crippen molar-refractivity contribution in [3.63, 3.8) is 0 Å². The number of carbonyl (C=O) groups is 1. The highest BCUT2D eigenvalue weighted by Gasteiger charge is 2.11. The van der Waals surface area contributed by atoms with Crippen molar-refractivity contribution in [1.82, 2.24) is 5.32 Å². The largest absolute Gasteiger partial charge is 0.478 e. The summed E-state index contributed by atoms with van der Waals surface area (Å²) < 4.78 is 5.05. The number of aromatic carboxylic acids is 1. The number of nitrogens with one attached hydrogen (secondary N) is 1. The minimum Gasteiger partial charge on any atom is -0.478 e. The molecule has 1 heterocycles. The molecule has 4 heteroatoms. The summed E-state index contributed by atoms with van der Waals surface area (Å²) in [5.41, 5.74) is 0.212. The molecule has 0 atom stereocenters. The molecule has 0 amide bonds. The minimum atomic E-state index is -0.964. The third-order valence-corrected chi connectivity index (χ3v) is 1.86. The van der Waals surface area contributed by atoms with Crippen molar-refractivity contribution in [2.45, 2.75) is 19.9 Å². The summed E-state index contributed by atoms with van der Waals surface area (Å²) in [6, 6.07) is 1.45. The zero-order chi connectivity index (χ0) is 11.1. The normalized spacial score (nSPS) is 9.40. The molecule has 0 fully saturated rings. The van der Waals surface area contributed by atoms with Gasteiger partial charge in [-0.1, -0.05) is 0 Å². The summed E-state index contributed by atoms with van der Waals surface area (Å²) in [5.74, 6) is 5.18. The predicted octanol–water partition coefficient (Wildman–Crippen LogP) is 1.48. The third kappa shape index (κ3) is 3.49. The molecule has 0 aliphatic rings. The Hall–Kier alpha value is -1.73. The molecule has 0 spiro atoms. The van der Waals surface area contributed by atoms with Crippen molar-refractivity contribution >= 4 is 5.97 Å². The molecule has 0 aliphatic heterocycles. The Kier molecular flexibility index (Phi) is 4.45. The lowest BCUT2D eigenvalue weighted by Crippen LogP contribution is -2.15. The molecular weight excluding hydrogens is 194 g/mol. The van der Waals surface area contributed by atoms with E-state index in [9.17, 15) is 4.79 Å². The van der Waals surface area contributed by atoms with Crippen molar-refractivity contribution in [3.05, 3.63) is 23.7 Å². The standard InChI is InChI=1S/C11H13NO3/c1-2-3-4-6-12-8-10-9(11(13)14)5-7-15-10/h5,7,12H,4,6,8H2,1H3,(H,13,14). The maximum absolute atomic E-state index is 10.7. The molecule has 4 nitrogen and oxygen atoms in total. The zero-order valence-electron chi connectivity index (χ0n) is 8.54. The van der Waals surface area contributed by atoms with Crippen LogP contribution in [0.25, 0.3) is 0 Å². The fraction of sp³-hybridized carbons (Fsp3) is 0.364. The van der Waals surface area contributed by atoms with E-state index in [4.69, 9.17) is 9.52 Å². The Bertz CT molecular complexity index is 384. The van der Waals surface area contributed by atoms with Gasteiger partial charge in [-0.3, -0.25) is 0 Å². The molecule has 0 saturated carbocycles. The molecule has 0 bridgehead atoms. The maximum atomic E-state index is 10.7. The van der Waals surface area contributed by atoms with Gasteiger partial charge < -0.3 is 14.8 Å². The van der Waals surface area contributed by atoms with Gasteiger partial charge in [0.1, 0.15) is 11.3 Å². The number of carboxylic acid groups (broad SMARTS) is 1. The first-order valence-corrected chi connectivity index (χ1v) is 4.65. The summed E-state index contributed by atoms with van der Waals surface area (Å²) in [6.45, 7) is 2.93. The van der Waals surface area contributed by atoms with Crippen LogP contribution in [-0.2, 0) is 6.54 Å². The van der Waals surface area contributed by atoms with E-state index in [0.29, 0.717) is 12.3 Å². The molecule has 80 valence electrons. The van der Waals surface area contributed by atoms with Gasteiger partial charge >= 0.3 is 5.97 Å². The SMILES string of the molecule is CC#CCCNCc1occc1C(=O)O. The van der Waals surface area contributed by atoms with E-state index in [2.05, 4.69) is 17.2 Å². The second-order valence-electron chi connectivity index (χ2n) is 2.92. The molecule has 1 aromatic heterocycles. The van der Waals surface area contributed by atoms with Gasteiger partial charge in [-0.05, 0) is 13.0 Å². The van der Waals surface area contributed by atoms with Gasteiger partial charge in [-0.2, -0.15) is 0 Å². The van der Waals surface area contributed by atoms with E-state index in [-0.39, 0.29) is 5.56 Å². The van der Waals surface area contributed by atoms with E-state index in [0.717, 1.165) is 13.0 Å². The van der Waals surface area contributed by atoms with Crippen molar-refractivity contribution in [2.75, 3.05) is 6.54 Å². The molecule has 15 heavy (non-hydrogen) atoms. The molecule has 0 aromatic carbocycles. The molecule has 0 saturated heterocycles. The Morgan fingerprint density at radius 2 is 2.47 bits per heavy atom. The first kappa shape index (κ1) is 11.3. The van der Waals surface area contributed by atoms with Crippen LogP contribution in [0.4, 0.5) is 0 Å². The monoisotopic (exact) mass is 207 g/mol. The van der Waals surface area contributed by atoms with Gasteiger partial charge in [0.25, 0.3) is 0 Å². The first-order chi connectivity index (χ1) is 7.25. The highest BCUT2D eigenvalue weighted by atomic mass is 16.4. The second-order valence-corrected chi connectivity index (χ2v) is 2.92. The van der Waals surface area contributed by atoms with Gasteiger partial charge in [-0.15, -0.1) is 11.8 Å². The highest BCUT2D eigenvalue weighted by Crippen LogP contribution is 2.09. The van der Waals surface area contributed by atoms with Crippen LogP contribution in [0.2, 0.25) is 0 Å². The fourth-order valence-corrected chi connectivity index (χ4v) is 1.15. The summed E-state index contributed by atoms with van der Waals surface area (Å²) in [7, 11) is 0. The number of hydrogen-bond acceptors (Lipinski definition) is 3. The van der Waals surface area contributed by atoms with Crippen LogP contribution < -0.4 is 5.32 Å². The van der Waals surface area contributed by atoms with Gasteiger partial charge in [0, 0.05) is 13.0 Å². The van der Waals surface area contributed by atoms with Crippen molar-refractivity contribution in [2.24, 2.45) is 0 Å². The number of furan rings is 1. The van der Waals surface area contributed by atoms with Crippen LogP contribution >= 0.6 is 0 Å². The molecule has 0 unspecified atom stereocenters. The van der Waals surface area contributed by atoms with E-state index < -0.39 is 5.97 Å². The number of carboxylic acids is 1. The van der Waals surface area contributed by atoms with Gasteiger partial charge in [0.2, 0.25) is 0 Å². The molecule has 2 N–H and O–H groups in total. The lowest BCUT2D eigenvalue weighted by atomic mass is 10.2. The van der Waals surface area contributed by atoms with Gasteiger partial charge in [-0.25, -0.2) is 4.79 Å². The highest BCUT2D eigenvalue weighted by molar-refractivity contribution is 5.88. The minimum absolute atomic E-state index is 0.212. The van der Waals surface area contributed by atoms with E-state index in [1.165, 1.54) is 12.3 Å². The average Bonchev–Trinajstić information content (AvgIpc) is 2.66. The maximum Gasteiger partial charge on any atom is 0.339 e. The van der Waals surface area contributed by atoms with E-state index >= 15 is 0 Å². The molecular formula is C11H13NO3. The Balaban J connectivity index is 2.39. The summed E-state index contributed by atoms with van der Waals surface area (Å²) in [6.07, 6.45) is 2.13. The summed E-state index contributed by atoms with van der Waals surface area (Å²) >= 11 is 0. The van der Waals surface area contributed by atoms with Gasteiger partial charge in [0.15, 0.2) is 0 Å². The van der Waals surface area contributed by atoms with Crippen molar-refractivity contribution < 1.29 is 14.3 Å². The Labute approximate surface area is 88.3 Å². The lowest BCUT2D eigenvalue weighted by molar-refractivity contribution is 0.0694. The Morgan fingerprint density at radius 3 is 3.13 bits per heavy atom. The van der Waals surface area contributed by atoms with E-state index in [1.807, 2.05) is 0 Å². The molecule has 1 aromatic rings. The third-order valence-electron chi connectivity index (χ3n) is 1.86. The second kappa shape index (κ2) is 5.89. The summed E-state index contributed by atoms with van der Waals surface area (Å²) in [4.78, 5) is 10.7. The van der Waals surface area contributed by atoms with Crippen LogP contribution in [-0.4, -0.2) is 17.6 Å². The van der Waals surface area contributed by atoms with Crippen LogP contribution in [0.1, 0.15) is 29.5 Å². The molecule has 1 rings (SSSR count). The Morgan fingerprint density at radius 1 is 1.67 bits per heavy atom. The van der Waals surface area contributed by atoms with Crippen molar-refractivity contribution in [1.29, 1.82) is 0 Å². The van der Waals surface area contributed by atoms with Crippen molar-refractivity contribution in [3.8, 4) is 11.8 Å². The quantitative estimate of drug-likeness (QED) is 0.567. The first-order valence-electron chi connectivity index (χ1n) is 4.65. The number of rotatable bonds is 5. The van der Waals surface area contributed by atoms with Crippen LogP contribution in [0.15, 0.2) is 16.7 Å². The predicted molar refractivity (Wildman–Crippen MR) is 55.4 cm³/mol. The van der Waals surface area contributed by atoms with E-state index in [1.54, 1.807) is 6.92 Å². The molecule has 0 radical (unpaired) electrons. The van der Waals surface area contributed by atoms with Crippen LogP contribution in [0, 0.1) is 11.8 Å². The zero-order valence-corrected chi connectivity index (χ0v) is 8.54. The fourth-order valence-electron chi connectivity index (χ4n) is 1.15. The van der Waals surface area contributed by atoms with Crippen LogP contribution in [0.3, 0.4) is 0 Å². The van der Waals surface area contributed by atoms with Crippen LogP contribution in [0.5, 0.6) is 0 Å². The topological polar surface area (TPSA) is 62.5 Å². The average molecular weight is 207 g/mol. The lowest BCUT2D eigenvalue weighted by Gasteiger charge is -2.00.